The highest BCUT2D eigenvalue weighted by Crippen LogP contribution is 2.52. The summed E-state index contributed by atoms with van der Waals surface area (Å²) in [6, 6.07) is 5.87. The number of alkyl halides is 4. The standard InChI is InChI=1S/C22H29Cl2F2N3O/c1-4-12-14-7-6-8-18(19(14)13(5-2)16(10-24)15(12)9-23)27-22(30)17-11-29(3)28-20(17)21(25)26/h6-8,12-13,15-17,21H,4-5,9-11H2,1-3H3,(H,27,30). The number of benzene rings is 1. The molecule has 2 aliphatic rings. The molecule has 3 rings (SSSR count). The van der Waals surface area contributed by atoms with Gasteiger partial charge in [-0.2, -0.15) is 5.10 Å². The molecule has 30 heavy (non-hydrogen) atoms. The summed E-state index contributed by atoms with van der Waals surface area (Å²) in [5.74, 6) is 0.465. The lowest BCUT2D eigenvalue weighted by atomic mass is 9.63. The van der Waals surface area contributed by atoms with Gasteiger partial charge in [0.25, 0.3) is 6.43 Å². The molecule has 5 atom stereocenters. The predicted molar refractivity (Wildman–Crippen MR) is 119 cm³/mol. The molecule has 1 aromatic carbocycles. The Morgan fingerprint density at radius 3 is 2.40 bits per heavy atom. The lowest BCUT2D eigenvalue weighted by molar-refractivity contribution is -0.118. The van der Waals surface area contributed by atoms with Crippen molar-refractivity contribution in [2.24, 2.45) is 22.9 Å². The van der Waals surface area contributed by atoms with Crippen molar-refractivity contribution < 1.29 is 13.6 Å². The second kappa shape index (κ2) is 9.82. The van der Waals surface area contributed by atoms with Crippen molar-refractivity contribution in [3.63, 3.8) is 0 Å². The van der Waals surface area contributed by atoms with E-state index >= 15 is 0 Å². The second-order valence-electron chi connectivity index (χ2n) is 8.18. The Morgan fingerprint density at radius 2 is 1.83 bits per heavy atom. The fourth-order valence-corrected chi connectivity index (χ4v) is 6.13. The van der Waals surface area contributed by atoms with Crippen LogP contribution in [0.3, 0.4) is 0 Å². The molecule has 0 saturated heterocycles. The Bertz CT molecular complexity index is 805. The number of rotatable bonds is 7. The monoisotopic (exact) mass is 459 g/mol. The van der Waals surface area contributed by atoms with Crippen LogP contribution in [-0.2, 0) is 4.79 Å². The largest absolute Gasteiger partial charge is 0.325 e. The van der Waals surface area contributed by atoms with E-state index in [1.807, 2.05) is 12.1 Å². The first-order chi connectivity index (χ1) is 14.4. The molecule has 4 nitrogen and oxygen atoms in total. The summed E-state index contributed by atoms with van der Waals surface area (Å²) in [5.41, 5.74) is 2.57. The average Bonchev–Trinajstić information content (AvgIpc) is 3.14. The fraction of sp³-hybridized carbons (Fsp3) is 0.636. The minimum absolute atomic E-state index is 0.147. The number of nitrogens with one attached hydrogen (secondary N) is 1. The summed E-state index contributed by atoms with van der Waals surface area (Å²) in [4.78, 5) is 13.0. The van der Waals surface area contributed by atoms with E-state index in [0.717, 1.165) is 18.4 Å². The summed E-state index contributed by atoms with van der Waals surface area (Å²) < 4.78 is 26.7. The molecule has 5 unspecified atom stereocenters. The Balaban J connectivity index is 1.99. The van der Waals surface area contributed by atoms with Crippen LogP contribution in [0.1, 0.15) is 49.7 Å². The molecule has 1 aliphatic carbocycles. The van der Waals surface area contributed by atoms with Crippen LogP contribution in [0.25, 0.3) is 0 Å². The third-order valence-electron chi connectivity index (χ3n) is 6.62. The molecule has 0 bridgehead atoms. The van der Waals surface area contributed by atoms with Crippen molar-refractivity contribution in [3.05, 3.63) is 29.3 Å². The maximum atomic E-state index is 13.4. The van der Waals surface area contributed by atoms with Gasteiger partial charge in [-0.05, 0) is 53.7 Å². The molecule has 0 spiro atoms. The Morgan fingerprint density at radius 1 is 1.20 bits per heavy atom. The molecule has 0 saturated carbocycles. The quantitative estimate of drug-likeness (QED) is 0.545. The molecular weight excluding hydrogens is 431 g/mol. The fourth-order valence-electron chi connectivity index (χ4n) is 5.24. The highest BCUT2D eigenvalue weighted by molar-refractivity contribution is 6.19. The summed E-state index contributed by atoms with van der Waals surface area (Å²) >= 11 is 12.8. The van der Waals surface area contributed by atoms with Crippen LogP contribution in [0, 0.1) is 17.8 Å². The summed E-state index contributed by atoms with van der Waals surface area (Å²) in [6.45, 7) is 4.39. The van der Waals surface area contributed by atoms with Crippen LogP contribution in [0.4, 0.5) is 14.5 Å². The van der Waals surface area contributed by atoms with E-state index in [0.29, 0.717) is 17.4 Å². The van der Waals surface area contributed by atoms with Gasteiger partial charge >= 0.3 is 0 Å². The van der Waals surface area contributed by atoms with Crippen LogP contribution < -0.4 is 5.32 Å². The third kappa shape index (κ3) is 4.18. The van der Waals surface area contributed by atoms with Gasteiger partial charge < -0.3 is 5.32 Å². The van der Waals surface area contributed by atoms with Crippen molar-refractivity contribution in [1.29, 1.82) is 0 Å². The number of fused-ring (bicyclic) bond motifs is 1. The maximum absolute atomic E-state index is 13.4. The van der Waals surface area contributed by atoms with Gasteiger partial charge in [0.15, 0.2) is 0 Å². The molecule has 166 valence electrons. The van der Waals surface area contributed by atoms with E-state index in [4.69, 9.17) is 23.2 Å². The van der Waals surface area contributed by atoms with E-state index in [1.165, 1.54) is 10.6 Å². The SMILES string of the molecule is CCC1c2cccc(NC(=O)C3CN(C)N=C3C(F)F)c2C(CC)C(CCl)C1CCl. The molecule has 8 heteroatoms. The van der Waals surface area contributed by atoms with Crippen molar-refractivity contribution >= 4 is 40.5 Å². The number of hydrogen-bond acceptors (Lipinski definition) is 3. The van der Waals surface area contributed by atoms with Gasteiger partial charge in [-0.1, -0.05) is 26.0 Å². The van der Waals surface area contributed by atoms with E-state index in [2.05, 4.69) is 30.3 Å². The predicted octanol–water partition coefficient (Wildman–Crippen LogP) is 5.52. The van der Waals surface area contributed by atoms with Gasteiger partial charge in [0, 0.05) is 24.5 Å². The molecule has 1 aliphatic heterocycles. The number of nitrogens with zero attached hydrogens (tertiary/aromatic N) is 2. The Hall–Kier alpha value is -1.40. The zero-order valence-electron chi connectivity index (χ0n) is 17.5. The maximum Gasteiger partial charge on any atom is 0.279 e. The molecule has 1 amide bonds. The van der Waals surface area contributed by atoms with Gasteiger partial charge in [-0.3, -0.25) is 9.80 Å². The van der Waals surface area contributed by atoms with Gasteiger partial charge in [-0.25, -0.2) is 8.78 Å². The molecule has 0 fully saturated rings. The first kappa shape index (κ1) is 23.3. The van der Waals surface area contributed by atoms with Crippen LogP contribution >= 0.6 is 23.2 Å². The number of hydrogen-bond donors (Lipinski definition) is 1. The number of halogens is 4. The zero-order valence-corrected chi connectivity index (χ0v) is 19.1. The first-order valence-electron chi connectivity index (χ1n) is 10.5. The smallest absolute Gasteiger partial charge is 0.279 e. The molecule has 0 radical (unpaired) electrons. The minimum Gasteiger partial charge on any atom is -0.325 e. The van der Waals surface area contributed by atoms with Gasteiger partial charge in [0.05, 0.1) is 6.54 Å². The van der Waals surface area contributed by atoms with Crippen molar-refractivity contribution in [3.8, 4) is 0 Å². The summed E-state index contributed by atoms with van der Waals surface area (Å²) in [5, 5.41) is 8.17. The average molecular weight is 460 g/mol. The van der Waals surface area contributed by atoms with Crippen LogP contribution in [0.15, 0.2) is 23.3 Å². The van der Waals surface area contributed by atoms with E-state index in [-0.39, 0.29) is 35.9 Å². The van der Waals surface area contributed by atoms with Gasteiger partial charge in [0.1, 0.15) is 11.6 Å². The van der Waals surface area contributed by atoms with Crippen LogP contribution in [0.2, 0.25) is 0 Å². The minimum atomic E-state index is -2.76. The zero-order chi connectivity index (χ0) is 22.0. The molecule has 1 N–H and O–H groups in total. The summed E-state index contributed by atoms with van der Waals surface area (Å²) in [6.07, 6.45) is -0.980. The van der Waals surface area contributed by atoms with Crippen LogP contribution in [0.5, 0.6) is 0 Å². The molecule has 1 aromatic rings. The van der Waals surface area contributed by atoms with E-state index < -0.39 is 18.3 Å². The third-order valence-corrected chi connectivity index (χ3v) is 7.33. The topological polar surface area (TPSA) is 44.7 Å². The van der Waals surface area contributed by atoms with E-state index in [1.54, 1.807) is 7.05 Å². The van der Waals surface area contributed by atoms with Crippen molar-refractivity contribution in [1.82, 2.24) is 5.01 Å². The first-order valence-corrected chi connectivity index (χ1v) is 11.6. The Labute approximate surface area is 187 Å². The number of carbonyl (C=O) groups is 1. The lowest BCUT2D eigenvalue weighted by Crippen LogP contribution is -2.37. The number of amides is 1. The normalized spacial score (nSPS) is 28.5. The Kier molecular flexibility index (Phi) is 7.61. The molecule has 0 aromatic heterocycles. The highest BCUT2D eigenvalue weighted by atomic mass is 35.5. The van der Waals surface area contributed by atoms with Crippen molar-refractivity contribution in [2.75, 3.05) is 30.7 Å². The summed E-state index contributed by atoms with van der Waals surface area (Å²) in [7, 11) is 1.59. The van der Waals surface area contributed by atoms with E-state index in [9.17, 15) is 13.6 Å². The lowest BCUT2D eigenvalue weighted by Gasteiger charge is -2.44. The second-order valence-corrected chi connectivity index (χ2v) is 8.80. The van der Waals surface area contributed by atoms with Gasteiger partial charge in [-0.15, -0.1) is 23.2 Å². The van der Waals surface area contributed by atoms with Crippen molar-refractivity contribution in [2.45, 2.75) is 45.0 Å². The van der Waals surface area contributed by atoms with Gasteiger partial charge in [0.2, 0.25) is 5.91 Å². The number of carbonyl (C=O) groups excluding carboxylic acids is 1. The molecule has 1 heterocycles. The number of anilines is 1. The molecular formula is C22H29Cl2F2N3O. The van der Waals surface area contributed by atoms with Crippen LogP contribution in [-0.4, -0.2) is 48.4 Å². The number of hydrazone groups is 1. The highest BCUT2D eigenvalue weighted by Gasteiger charge is 2.42.